The predicted octanol–water partition coefficient (Wildman–Crippen LogP) is 1.14. The van der Waals surface area contributed by atoms with Crippen LogP contribution in [0.5, 0.6) is 0 Å². The van der Waals surface area contributed by atoms with Crippen molar-refractivity contribution in [2.75, 3.05) is 24.7 Å². The zero-order valence-electron chi connectivity index (χ0n) is 10.2. The third-order valence-corrected chi connectivity index (χ3v) is 3.88. The fraction of sp³-hybridized carbons (Fsp3) is 1.00. The molecule has 0 aliphatic carbocycles. The highest BCUT2D eigenvalue weighted by molar-refractivity contribution is 7.85. The normalized spacial score (nSPS) is 15.5. The van der Waals surface area contributed by atoms with Crippen LogP contribution in [0.25, 0.3) is 0 Å². The summed E-state index contributed by atoms with van der Waals surface area (Å²) in [6.07, 6.45) is 1.77. The van der Waals surface area contributed by atoms with Crippen LogP contribution in [0, 0.1) is 5.92 Å². The first-order valence-electron chi connectivity index (χ1n) is 5.79. The van der Waals surface area contributed by atoms with Gasteiger partial charge in [-0.15, -0.1) is 0 Å². The lowest BCUT2D eigenvalue weighted by molar-refractivity contribution is 0.270. The van der Waals surface area contributed by atoms with Crippen LogP contribution < -0.4 is 5.32 Å². The summed E-state index contributed by atoms with van der Waals surface area (Å²) < 4.78 is 11.7. The molecule has 0 aromatic heterocycles. The van der Waals surface area contributed by atoms with E-state index in [0.29, 0.717) is 18.1 Å². The van der Waals surface area contributed by atoms with Crippen LogP contribution in [0.15, 0.2) is 0 Å². The summed E-state index contributed by atoms with van der Waals surface area (Å²) in [6, 6.07) is 0.203. The Morgan fingerprint density at radius 3 is 2.47 bits per heavy atom. The van der Waals surface area contributed by atoms with Gasteiger partial charge in [0.25, 0.3) is 0 Å². The summed E-state index contributed by atoms with van der Waals surface area (Å²) in [6.45, 7) is 7.37. The van der Waals surface area contributed by atoms with Crippen molar-refractivity contribution in [3.05, 3.63) is 0 Å². The molecule has 0 saturated carbocycles. The monoisotopic (exact) mass is 235 g/mol. The van der Waals surface area contributed by atoms with Gasteiger partial charge in [0.1, 0.15) is 0 Å². The van der Waals surface area contributed by atoms with Gasteiger partial charge in [0, 0.05) is 35.0 Å². The number of aliphatic hydroxyl groups is 1. The summed E-state index contributed by atoms with van der Waals surface area (Å²) in [5, 5.41) is 12.2. The first-order chi connectivity index (χ1) is 7.10. The number of hydrogen-bond acceptors (Lipinski definition) is 3. The van der Waals surface area contributed by atoms with Gasteiger partial charge in [-0.1, -0.05) is 20.8 Å². The van der Waals surface area contributed by atoms with Crippen LogP contribution in [-0.2, 0) is 10.8 Å². The molecule has 0 saturated heterocycles. The van der Waals surface area contributed by atoms with Gasteiger partial charge in [0.05, 0.1) is 0 Å². The standard InChI is InChI=1S/C11H25NO2S/c1-4-6-12-11(5-7-13)9-15(14)8-10(2)3/h10-13H,4-9H2,1-3H3. The predicted molar refractivity (Wildman–Crippen MR) is 66.5 cm³/mol. The Morgan fingerprint density at radius 2 is 2.00 bits per heavy atom. The lowest BCUT2D eigenvalue weighted by Gasteiger charge is -2.17. The lowest BCUT2D eigenvalue weighted by atomic mass is 10.2. The molecule has 0 fully saturated rings. The van der Waals surface area contributed by atoms with Crippen LogP contribution in [0.2, 0.25) is 0 Å². The van der Waals surface area contributed by atoms with Gasteiger partial charge in [-0.05, 0) is 25.3 Å². The van der Waals surface area contributed by atoms with Crippen LogP contribution in [0.4, 0.5) is 0 Å². The van der Waals surface area contributed by atoms with Gasteiger partial charge in [0.2, 0.25) is 0 Å². The highest BCUT2D eigenvalue weighted by Crippen LogP contribution is 2.01. The minimum Gasteiger partial charge on any atom is -0.396 e. The molecule has 0 heterocycles. The summed E-state index contributed by atoms with van der Waals surface area (Å²) >= 11 is 0. The van der Waals surface area contributed by atoms with E-state index in [4.69, 9.17) is 5.11 Å². The maximum absolute atomic E-state index is 11.7. The van der Waals surface area contributed by atoms with Crippen molar-refractivity contribution < 1.29 is 9.32 Å². The van der Waals surface area contributed by atoms with E-state index in [9.17, 15) is 4.21 Å². The molecule has 0 amide bonds. The Hall–Kier alpha value is 0.0700. The lowest BCUT2D eigenvalue weighted by Crippen LogP contribution is -2.36. The molecular weight excluding hydrogens is 210 g/mol. The van der Waals surface area contributed by atoms with Gasteiger partial charge in [-0.2, -0.15) is 0 Å². The van der Waals surface area contributed by atoms with E-state index in [-0.39, 0.29) is 12.6 Å². The van der Waals surface area contributed by atoms with Crippen molar-refractivity contribution >= 4 is 10.8 Å². The molecule has 0 aromatic carbocycles. The van der Waals surface area contributed by atoms with E-state index in [1.54, 1.807) is 0 Å². The number of nitrogens with one attached hydrogen (secondary N) is 1. The third kappa shape index (κ3) is 9.03. The van der Waals surface area contributed by atoms with E-state index in [1.165, 1.54) is 0 Å². The molecule has 2 N–H and O–H groups in total. The highest BCUT2D eigenvalue weighted by Gasteiger charge is 2.12. The summed E-state index contributed by atoms with van der Waals surface area (Å²) in [7, 11) is -0.759. The fourth-order valence-corrected chi connectivity index (χ4v) is 3.03. The van der Waals surface area contributed by atoms with E-state index in [2.05, 4.69) is 26.1 Å². The van der Waals surface area contributed by atoms with E-state index in [1.807, 2.05) is 0 Å². The second-order valence-electron chi connectivity index (χ2n) is 4.33. The summed E-state index contributed by atoms with van der Waals surface area (Å²) in [5.74, 6) is 1.90. The van der Waals surface area contributed by atoms with Gasteiger partial charge in [-0.25, -0.2) is 0 Å². The Kier molecular flexibility index (Phi) is 9.35. The molecule has 4 heteroatoms. The van der Waals surface area contributed by atoms with Crippen molar-refractivity contribution in [3.8, 4) is 0 Å². The molecule has 0 rings (SSSR count). The molecule has 2 unspecified atom stereocenters. The van der Waals surface area contributed by atoms with Gasteiger partial charge >= 0.3 is 0 Å². The van der Waals surface area contributed by atoms with Gasteiger partial charge in [-0.3, -0.25) is 4.21 Å². The zero-order valence-corrected chi connectivity index (χ0v) is 11.0. The molecule has 15 heavy (non-hydrogen) atoms. The maximum Gasteiger partial charge on any atom is 0.0446 e. The number of aliphatic hydroxyl groups excluding tert-OH is 1. The Morgan fingerprint density at radius 1 is 1.33 bits per heavy atom. The molecule has 92 valence electrons. The van der Waals surface area contributed by atoms with Crippen molar-refractivity contribution in [1.29, 1.82) is 0 Å². The second-order valence-corrected chi connectivity index (χ2v) is 5.88. The molecule has 0 aliphatic heterocycles. The minimum absolute atomic E-state index is 0.167. The first-order valence-corrected chi connectivity index (χ1v) is 7.28. The average Bonchev–Trinajstić information content (AvgIpc) is 2.13. The summed E-state index contributed by atoms with van der Waals surface area (Å²) in [5.41, 5.74) is 0. The molecule has 0 bridgehead atoms. The Balaban J connectivity index is 3.86. The second kappa shape index (κ2) is 9.31. The Bertz CT molecular complexity index is 174. The molecule has 0 aromatic rings. The van der Waals surface area contributed by atoms with Crippen LogP contribution in [-0.4, -0.2) is 40.0 Å². The van der Waals surface area contributed by atoms with Crippen molar-refractivity contribution in [3.63, 3.8) is 0 Å². The third-order valence-electron chi connectivity index (χ3n) is 2.07. The van der Waals surface area contributed by atoms with Crippen LogP contribution in [0.1, 0.15) is 33.6 Å². The topological polar surface area (TPSA) is 49.3 Å². The molecule has 3 nitrogen and oxygen atoms in total. The molecule has 0 aliphatic rings. The number of rotatable bonds is 9. The smallest absolute Gasteiger partial charge is 0.0446 e. The Labute approximate surface area is 96.1 Å². The molecular formula is C11H25NO2S. The van der Waals surface area contributed by atoms with Crippen molar-refractivity contribution in [2.24, 2.45) is 5.92 Å². The SMILES string of the molecule is CCCNC(CCO)CS(=O)CC(C)C. The van der Waals surface area contributed by atoms with Crippen LogP contribution >= 0.6 is 0 Å². The summed E-state index contributed by atoms with van der Waals surface area (Å²) in [4.78, 5) is 0. The zero-order chi connectivity index (χ0) is 11.7. The van der Waals surface area contributed by atoms with Gasteiger partial charge < -0.3 is 10.4 Å². The maximum atomic E-state index is 11.7. The van der Waals surface area contributed by atoms with E-state index >= 15 is 0 Å². The quantitative estimate of drug-likeness (QED) is 0.630. The fourth-order valence-electron chi connectivity index (χ4n) is 1.41. The van der Waals surface area contributed by atoms with Crippen molar-refractivity contribution in [1.82, 2.24) is 5.32 Å². The number of hydrogen-bond donors (Lipinski definition) is 2. The average molecular weight is 235 g/mol. The largest absolute Gasteiger partial charge is 0.396 e. The minimum atomic E-state index is -0.759. The molecule has 0 radical (unpaired) electrons. The first kappa shape index (κ1) is 15.1. The van der Waals surface area contributed by atoms with Crippen molar-refractivity contribution in [2.45, 2.75) is 39.7 Å². The highest BCUT2D eigenvalue weighted by atomic mass is 32.2. The molecule has 2 atom stereocenters. The molecule has 0 spiro atoms. The van der Waals surface area contributed by atoms with E-state index in [0.717, 1.165) is 18.7 Å². The van der Waals surface area contributed by atoms with Crippen LogP contribution in [0.3, 0.4) is 0 Å². The van der Waals surface area contributed by atoms with E-state index < -0.39 is 10.8 Å². The van der Waals surface area contributed by atoms with Gasteiger partial charge in [0.15, 0.2) is 0 Å².